The van der Waals surface area contributed by atoms with Gasteiger partial charge in [0.15, 0.2) is 23.2 Å². The molecule has 0 aromatic carbocycles. The van der Waals surface area contributed by atoms with Gasteiger partial charge < -0.3 is 25.4 Å². The molecule has 0 amide bonds. The molecule has 0 spiro atoms. The molecule has 0 bridgehead atoms. The Morgan fingerprint density at radius 1 is 1.36 bits per heavy atom. The van der Waals surface area contributed by atoms with E-state index in [4.69, 9.17) is 15.7 Å². The minimum atomic E-state index is -1.23. The molecule has 2 aromatic heterocycles. The molecule has 4 unspecified atom stereocenters. The largest absolute Gasteiger partial charge is 0.394 e. The normalized spacial score (nSPS) is 28.2. The Labute approximate surface area is 124 Å². The molecule has 1 saturated heterocycles. The number of rotatable bonds is 4. The predicted octanol–water partition coefficient (Wildman–Crippen LogP) is -2.23. The first-order valence-electron chi connectivity index (χ1n) is 6.62. The second-order valence-electron chi connectivity index (χ2n) is 4.84. The number of nitrogens with zero attached hydrogens (tertiary/aromatic N) is 4. The number of aromatic nitrogens is 4. The van der Waals surface area contributed by atoms with Crippen molar-refractivity contribution in [1.29, 1.82) is 0 Å². The van der Waals surface area contributed by atoms with Crippen LogP contribution in [0.4, 0.5) is 11.8 Å². The summed E-state index contributed by atoms with van der Waals surface area (Å²) in [5.41, 5.74) is 3.17. The van der Waals surface area contributed by atoms with Crippen molar-refractivity contribution in [2.75, 3.05) is 24.4 Å². The lowest BCUT2D eigenvalue weighted by molar-refractivity contribution is -0.0511. The van der Waals surface area contributed by atoms with Gasteiger partial charge in [-0.05, 0) is 0 Å². The van der Waals surface area contributed by atoms with Crippen molar-refractivity contribution in [1.82, 2.24) is 19.5 Å². The summed E-state index contributed by atoms with van der Waals surface area (Å²) < 4.78 is 6.94. The highest BCUT2D eigenvalue weighted by Gasteiger charge is 2.44. The SMILES string of the molecule is CNc1nc(NN)nc2c1ncn2C1OC(CO)C(O)C1O. The molecule has 1 aliphatic rings. The maximum absolute atomic E-state index is 10.1. The van der Waals surface area contributed by atoms with Crippen molar-refractivity contribution in [3.8, 4) is 0 Å². The number of ether oxygens (including phenoxy) is 1. The van der Waals surface area contributed by atoms with Crippen LogP contribution in [0.5, 0.6) is 0 Å². The van der Waals surface area contributed by atoms with Gasteiger partial charge in [0.25, 0.3) is 0 Å². The number of fused-ring (bicyclic) bond motifs is 1. The summed E-state index contributed by atoms with van der Waals surface area (Å²) in [4.78, 5) is 12.5. The van der Waals surface area contributed by atoms with Gasteiger partial charge in [0, 0.05) is 7.05 Å². The number of imidazole rings is 1. The first-order chi connectivity index (χ1) is 10.6. The minimum Gasteiger partial charge on any atom is -0.394 e. The average Bonchev–Trinajstić information content (AvgIpc) is 3.08. The molecule has 0 saturated carbocycles. The second kappa shape index (κ2) is 5.62. The van der Waals surface area contributed by atoms with Crippen molar-refractivity contribution in [2.45, 2.75) is 24.5 Å². The number of nitrogens with two attached hydrogens (primary N) is 1. The molecular formula is C11H17N7O4. The maximum Gasteiger partial charge on any atom is 0.241 e. The summed E-state index contributed by atoms with van der Waals surface area (Å²) in [6, 6.07) is 0. The summed E-state index contributed by atoms with van der Waals surface area (Å²) >= 11 is 0. The van der Waals surface area contributed by atoms with Gasteiger partial charge in [-0.1, -0.05) is 0 Å². The molecule has 2 aromatic rings. The van der Waals surface area contributed by atoms with Crippen LogP contribution in [0.1, 0.15) is 6.23 Å². The molecule has 4 atom stereocenters. The van der Waals surface area contributed by atoms with Crippen molar-refractivity contribution in [2.24, 2.45) is 5.84 Å². The van der Waals surface area contributed by atoms with Gasteiger partial charge in [-0.15, -0.1) is 0 Å². The first kappa shape index (κ1) is 14.9. The van der Waals surface area contributed by atoms with Crippen LogP contribution < -0.4 is 16.6 Å². The quantitative estimate of drug-likeness (QED) is 0.269. The summed E-state index contributed by atoms with van der Waals surface area (Å²) in [5.74, 6) is 5.95. The van der Waals surface area contributed by atoms with Crippen molar-refractivity contribution < 1.29 is 20.1 Å². The van der Waals surface area contributed by atoms with E-state index in [1.165, 1.54) is 10.9 Å². The van der Waals surface area contributed by atoms with Crippen LogP contribution >= 0.6 is 0 Å². The number of hydrogen-bond donors (Lipinski definition) is 6. The van der Waals surface area contributed by atoms with E-state index in [1.54, 1.807) is 7.05 Å². The third kappa shape index (κ3) is 2.15. The highest BCUT2D eigenvalue weighted by atomic mass is 16.6. The van der Waals surface area contributed by atoms with Gasteiger partial charge >= 0.3 is 0 Å². The molecular weight excluding hydrogens is 294 g/mol. The van der Waals surface area contributed by atoms with E-state index in [2.05, 4.69) is 25.7 Å². The second-order valence-corrected chi connectivity index (χ2v) is 4.84. The smallest absolute Gasteiger partial charge is 0.241 e. The Bertz CT molecular complexity index is 678. The van der Waals surface area contributed by atoms with Crippen LogP contribution in [0.3, 0.4) is 0 Å². The van der Waals surface area contributed by atoms with E-state index >= 15 is 0 Å². The van der Waals surface area contributed by atoms with E-state index in [0.29, 0.717) is 17.0 Å². The lowest BCUT2D eigenvalue weighted by Gasteiger charge is -2.16. The van der Waals surface area contributed by atoms with E-state index in [9.17, 15) is 10.2 Å². The Kier molecular flexibility index (Phi) is 3.80. The van der Waals surface area contributed by atoms with Gasteiger partial charge in [-0.3, -0.25) is 9.99 Å². The zero-order chi connectivity index (χ0) is 15.9. The monoisotopic (exact) mass is 311 g/mol. The van der Waals surface area contributed by atoms with E-state index in [1.807, 2.05) is 0 Å². The van der Waals surface area contributed by atoms with Crippen molar-refractivity contribution >= 4 is 22.9 Å². The van der Waals surface area contributed by atoms with Crippen molar-refractivity contribution in [3.63, 3.8) is 0 Å². The minimum absolute atomic E-state index is 0.158. The number of nitrogen functional groups attached to an aromatic ring is 1. The van der Waals surface area contributed by atoms with Gasteiger partial charge in [-0.2, -0.15) is 9.97 Å². The number of aliphatic hydroxyl groups excluding tert-OH is 3. The van der Waals surface area contributed by atoms with Crippen LogP contribution in [-0.4, -0.2) is 66.8 Å². The first-order valence-corrected chi connectivity index (χ1v) is 6.62. The highest BCUT2D eigenvalue weighted by Crippen LogP contribution is 2.32. The molecule has 3 rings (SSSR count). The van der Waals surface area contributed by atoms with Gasteiger partial charge in [0.1, 0.15) is 18.3 Å². The number of nitrogens with one attached hydrogen (secondary N) is 2. The summed E-state index contributed by atoms with van der Waals surface area (Å²) in [5, 5.41) is 32.0. The number of hydrazine groups is 1. The molecule has 120 valence electrons. The van der Waals surface area contributed by atoms with Crippen LogP contribution in [0.2, 0.25) is 0 Å². The van der Waals surface area contributed by atoms with Gasteiger partial charge in [0.2, 0.25) is 5.95 Å². The van der Waals surface area contributed by atoms with Crippen molar-refractivity contribution in [3.05, 3.63) is 6.33 Å². The summed E-state index contributed by atoms with van der Waals surface area (Å²) in [7, 11) is 1.67. The topological polar surface area (TPSA) is 164 Å². The van der Waals surface area contributed by atoms with Crippen LogP contribution in [0.15, 0.2) is 6.33 Å². The Morgan fingerprint density at radius 2 is 2.14 bits per heavy atom. The van der Waals surface area contributed by atoms with Crippen LogP contribution in [-0.2, 0) is 4.74 Å². The van der Waals surface area contributed by atoms with E-state index in [0.717, 1.165) is 0 Å². The zero-order valence-corrected chi connectivity index (χ0v) is 11.7. The molecule has 3 heterocycles. The Hall–Kier alpha value is -2.05. The number of anilines is 2. The third-order valence-electron chi connectivity index (χ3n) is 3.58. The number of aliphatic hydroxyl groups is 3. The lowest BCUT2D eigenvalue weighted by Crippen LogP contribution is -2.33. The predicted molar refractivity (Wildman–Crippen MR) is 75.7 cm³/mol. The van der Waals surface area contributed by atoms with Gasteiger partial charge in [-0.25, -0.2) is 10.8 Å². The summed E-state index contributed by atoms with van der Waals surface area (Å²) in [6.07, 6.45) is -2.82. The van der Waals surface area contributed by atoms with E-state index in [-0.39, 0.29) is 5.95 Å². The Morgan fingerprint density at radius 3 is 2.73 bits per heavy atom. The molecule has 0 radical (unpaired) electrons. The molecule has 1 fully saturated rings. The standard InChI is InChI=1S/C11H17N7O4/c1-13-8-5-9(16-11(15-8)17-12)18(3-14-5)10-7(21)6(20)4(2-19)22-10/h3-4,6-7,10,19-21H,2,12H2,1H3,(H2,13,15,16,17). The molecule has 0 aliphatic carbocycles. The highest BCUT2D eigenvalue weighted by molar-refractivity contribution is 5.84. The van der Waals surface area contributed by atoms with Gasteiger partial charge in [0.05, 0.1) is 12.9 Å². The number of hydrogen-bond acceptors (Lipinski definition) is 10. The fraction of sp³-hybridized carbons (Fsp3) is 0.545. The average molecular weight is 311 g/mol. The fourth-order valence-electron chi connectivity index (χ4n) is 2.45. The van der Waals surface area contributed by atoms with Crippen LogP contribution in [0.25, 0.3) is 11.2 Å². The summed E-state index contributed by atoms with van der Waals surface area (Å²) in [6.45, 7) is -0.409. The zero-order valence-electron chi connectivity index (χ0n) is 11.7. The molecule has 11 nitrogen and oxygen atoms in total. The molecule has 1 aliphatic heterocycles. The Balaban J connectivity index is 2.08. The third-order valence-corrected chi connectivity index (χ3v) is 3.58. The lowest BCUT2D eigenvalue weighted by atomic mass is 10.1. The molecule has 22 heavy (non-hydrogen) atoms. The fourth-order valence-corrected chi connectivity index (χ4v) is 2.45. The molecule has 11 heteroatoms. The van der Waals surface area contributed by atoms with E-state index < -0.39 is 31.1 Å². The maximum atomic E-state index is 10.1. The molecule has 7 N–H and O–H groups in total. The van der Waals surface area contributed by atoms with Crippen LogP contribution in [0, 0.1) is 0 Å².